The number of carbonyl (C=O) groups is 1. The highest BCUT2D eigenvalue weighted by Crippen LogP contribution is 2.19. The summed E-state index contributed by atoms with van der Waals surface area (Å²) in [6, 6.07) is 14.0. The van der Waals surface area contributed by atoms with Gasteiger partial charge in [0.1, 0.15) is 0 Å². The molecule has 0 bridgehead atoms. The van der Waals surface area contributed by atoms with E-state index in [0.717, 1.165) is 30.6 Å². The Balaban J connectivity index is 1.75. The van der Waals surface area contributed by atoms with Crippen molar-refractivity contribution in [3.8, 4) is 0 Å². The molecule has 1 aliphatic rings. The molecule has 150 valence electrons. The van der Waals surface area contributed by atoms with Crippen molar-refractivity contribution in [1.82, 2.24) is 9.62 Å². The van der Waals surface area contributed by atoms with Crippen molar-refractivity contribution in [3.05, 3.63) is 65.2 Å². The number of amides is 1. The predicted octanol–water partition coefficient (Wildman–Crippen LogP) is 2.72. The van der Waals surface area contributed by atoms with Gasteiger partial charge in [0.25, 0.3) is 5.91 Å². The van der Waals surface area contributed by atoms with Gasteiger partial charge in [-0.05, 0) is 43.0 Å². The van der Waals surface area contributed by atoms with Crippen LogP contribution in [0.2, 0.25) is 0 Å². The first-order valence-electron chi connectivity index (χ1n) is 9.38. The number of aryl methyl sites for hydroxylation is 1. The Morgan fingerprint density at radius 2 is 1.96 bits per heavy atom. The van der Waals surface area contributed by atoms with Crippen LogP contribution in [0.15, 0.2) is 53.4 Å². The molecule has 0 spiro atoms. The van der Waals surface area contributed by atoms with Crippen LogP contribution in [-0.4, -0.2) is 45.5 Å². The average molecular weight is 403 g/mol. The van der Waals surface area contributed by atoms with Gasteiger partial charge >= 0.3 is 0 Å². The molecular weight excluding hydrogens is 376 g/mol. The fourth-order valence-electron chi connectivity index (χ4n) is 3.24. The Kier molecular flexibility index (Phi) is 6.49. The van der Waals surface area contributed by atoms with Gasteiger partial charge in [0.2, 0.25) is 10.0 Å². The second-order valence-electron chi connectivity index (χ2n) is 7.11. The monoisotopic (exact) mass is 402 g/mol. The molecule has 1 saturated heterocycles. The fraction of sp³-hybridized carbons (Fsp3) is 0.381. The second-order valence-corrected chi connectivity index (χ2v) is 8.87. The zero-order chi connectivity index (χ0) is 20.1. The number of nitrogens with one attached hydrogen (secondary N) is 1. The van der Waals surface area contributed by atoms with Crippen LogP contribution < -0.4 is 4.72 Å². The van der Waals surface area contributed by atoms with E-state index in [4.69, 9.17) is 4.74 Å². The molecule has 1 N–H and O–H groups in total. The molecule has 0 aromatic heterocycles. The minimum atomic E-state index is -3.72. The molecule has 1 heterocycles. The summed E-state index contributed by atoms with van der Waals surface area (Å²) < 4.78 is 33.6. The first-order chi connectivity index (χ1) is 13.4. The second kappa shape index (κ2) is 8.86. The van der Waals surface area contributed by atoms with Gasteiger partial charge in [0, 0.05) is 32.3 Å². The summed E-state index contributed by atoms with van der Waals surface area (Å²) in [4.78, 5) is 14.6. The fourth-order valence-corrected chi connectivity index (χ4v) is 4.28. The maximum Gasteiger partial charge on any atom is 0.253 e. The van der Waals surface area contributed by atoms with Crippen molar-refractivity contribution in [2.75, 3.05) is 20.2 Å². The van der Waals surface area contributed by atoms with E-state index in [1.807, 2.05) is 30.3 Å². The van der Waals surface area contributed by atoms with E-state index in [9.17, 15) is 13.2 Å². The van der Waals surface area contributed by atoms with Crippen molar-refractivity contribution in [2.45, 2.75) is 37.3 Å². The third-order valence-electron chi connectivity index (χ3n) is 4.91. The maximum atomic E-state index is 12.9. The van der Waals surface area contributed by atoms with E-state index < -0.39 is 10.0 Å². The maximum absolute atomic E-state index is 12.9. The molecule has 1 fully saturated rings. The SMILES string of the molecule is Cc1ccc(S(=O)(=O)NCc2ccccc2)cc1C(=O)N(C)CC1CCCO1. The molecule has 7 heteroatoms. The first-order valence-corrected chi connectivity index (χ1v) is 10.9. The van der Waals surface area contributed by atoms with Gasteiger partial charge in [-0.2, -0.15) is 0 Å². The molecule has 0 radical (unpaired) electrons. The summed E-state index contributed by atoms with van der Waals surface area (Å²) in [7, 11) is -2.00. The number of hydrogen-bond donors (Lipinski definition) is 1. The number of likely N-dealkylation sites (N-methyl/N-ethyl adjacent to an activating group) is 1. The van der Waals surface area contributed by atoms with E-state index >= 15 is 0 Å². The Morgan fingerprint density at radius 3 is 2.64 bits per heavy atom. The van der Waals surface area contributed by atoms with Gasteiger partial charge in [0.15, 0.2) is 0 Å². The van der Waals surface area contributed by atoms with Crippen LogP contribution in [0.3, 0.4) is 0 Å². The molecular formula is C21H26N2O4S. The van der Waals surface area contributed by atoms with Gasteiger partial charge in [-0.3, -0.25) is 4.79 Å². The van der Waals surface area contributed by atoms with Crippen LogP contribution in [-0.2, 0) is 21.3 Å². The largest absolute Gasteiger partial charge is 0.376 e. The minimum Gasteiger partial charge on any atom is -0.376 e. The van der Waals surface area contributed by atoms with E-state index in [1.165, 1.54) is 12.1 Å². The van der Waals surface area contributed by atoms with Crippen LogP contribution in [0.4, 0.5) is 0 Å². The molecule has 0 saturated carbocycles. The molecule has 2 aromatic carbocycles. The summed E-state index contributed by atoms with van der Waals surface area (Å²) in [5.41, 5.74) is 2.00. The van der Waals surface area contributed by atoms with Crippen molar-refractivity contribution in [2.24, 2.45) is 0 Å². The summed E-state index contributed by atoms with van der Waals surface area (Å²) in [5.74, 6) is -0.201. The summed E-state index contributed by atoms with van der Waals surface area (Å²) in [6.45, 7) is 3.23. The molecule has 0 aliphatic carbocycles. The van der Waals surface area contributed by atoms with Crippen LogP contribution >= 0.6 is 0 Å². The number of sulfonamides is 1. The first kappa shape index (κ1) is 20.5. The Hall–Kier alpha value is -2.22. The zero-order valence-corrected chi connectivity index (χ0v) is 17.0. The third-order valence-corrected chi connectivity index (χ3v) is 6.31. The lowest BCUT2D eigenvalue weighted by atomic mass is 10.1. The Labute approximate surface area is 166 Å². The van der Waals surface area contributed by atoms with Gasteiger partial charge < -0.3 is 9.64 Å². The van der Waals surface area contributed by atoms with Crippen molar-refractivity contribution >= 4 is 15.9 Å². The van der Waals surface area contributed by atoms with Gasteiger partial charge in [-0.25, -0.2) is 13.1 Å². The number of rotatable bonds is 7. The number of hydrogen-bond acceptors (Lipinski definition) is 4. The molecule has 6 nitrogen and oxygen atoms in total. The van der Waals surface area contributed by atoms with Crippen molar-refractivity contribution in [1.29, 1.82) is 0 Å². The number of ether oxygens (including phenoxy) is 1. The molecule has 1 aliphatic heterocycles. The van der Waals surface area contributed by atoms with Crippen LogP contribution in [0.5, 0.6) is 0 Å². The van der Waals surface area contributed by atoms with Crippen molar-refractivity contribution < 1.29 is 17.9 Å². The molecule has 2 aromatic rings. The molecule has 1 amide bonds. The van der Waals surface area contributed by atoms with E-state index in [2.05, 4.69) is 4.72 Å². The minimum absolute atomic E-state index is 0.0497. The highest BCUT2D eigenvalue weighted by atomic mass is 32.2. The Bertz CT molecular complexity index is 923. The zero-order valence-electron chi connectivity index (χ0n) is 16.2. The number of carbonyl (C=O) groups excluding carboxylic acids is 1. The lowest BCUT2D eigenvalue weighted by Gasteiger charge is -2.22. The average Bonchev–Trinajstić information content (AvgIpc) is 3.20. The lowest BCUT2D eigenvalue weighted by Crippen LogP contribution is -2.34. The highest BCUT2D eigenvalue weighted by Gasteiger charge is 2.23. The smallest absolute Gasteiger partial charge is 0.253 e. The quantitative estimate of drug-likeness (QED) is 0.773. The van der Waals surface area contributed by atoms with E-state index in [-0.39, 0.29) is 23.5 Å². The normalized spacial score (nSPS) is 16.9. The molecule has 28 heavy (non-hydrogen) atoms. The molecule has 3 rings (SSSR count). The van der Waals surface area contributed by atoms with Gasteiger partial charge in [-0.1, -0.05) is 36.4 Å². The van der Waals surface area contributed by atoms with Gasteiger partial charge in [-0.15, -0.1) is 0 Å². The van der Waals surface area contributed by atoms with E-state index in [0.29, 0.717) is 12.1 Å². The molecule has 1 atom stereocenters. The van der Waals surface area contributed by atoms with Crippen LogP contribution in [0.1, 0.15) is 34.3 Å². The van der Waals surface area contributed by atoms with Gasteiger partial charge in [0.05, 0.1) is 11.0 Å². The number of benzene rings is 2. The van der Waals surface area contributed by atoms with Crippen LogP contribution in [0.25, 0.3) is 0 Å². The van der Waals surface area contributed by atoms with Crippen molar-refractivity contribution in [3.63, 3.8) is 0 Å². The standard InChI is InChI=1S/C21H26N2O4S/c1-16-10-11-19(28(25,26)22-14-17-7-4-3-5-8-17)13-20(16)21(24)23(2)15-18-9-6-12-27-18/h3-5,7-8,10-11,13,18,22H,6,9,12,14-15H2,1-2H3. The molecule has 1 unspecified atom stereocenters. The number of nitrogens with zero attached hydrogens (tertiary/aromatic N) is 1. The Morgan fingerprint density at radius 1 is 1.21 bits per heavy atom. The predicted molar refractivity (Wildman–Crippen MR) is 108 cm³/mol. The highest BCUT2D eigenvalue weighted by molar-refractivity contribution is 7.89. The van der Waals surface area contributed by atoms with E-state index in [1.54, 1.807) is 24.9 Å². The third kappa shape index (κ3) is 4.98. The summed E-state index contributed by atoms with van der Waals surface area (Å²) >= 11 is 0. The summed E-state index contributed by atoms with van der Waals surface area (Å²) in [6.07, 6.45) is 2.00. The lowest BCUT2D eigenvalue weighted by molar-refractivity contribution is 0.0586. The summed E-state index contributed by atoms with van der Waals surface area (Å²) in [5, 5.41) is 0. The van der Waals surface area contributed by atoms with Crippen LogP contribution in [0, 0.1) is 6.92 Å². The topological polar surface area (TPSA) is 75.7 Å².